The second kappa shape index (κ2) is 9.45. The van der Waals surface area contributed by atoms with Gasteiger partial charge in [-0.25, -0.2) is 4.79 Å². The maximum atomic E-state index is 12.8. The van der Waals surface area contributed by atoms with Gasteiger partial charge in [-0.15, -0.1) is 0 Å². The molecule has 1 aromatic carbocycles. The molecule has 1 heterocycles. The Labute approximate surface area is 164 Å². The van der Waals surface area contributed by atoms with E-state index in [4.69, 9.17) is 9.47 Å². The van der Waals surface area contributed by atoms with Gasteiger partial charge in [-0.1, -0.05) is 26.0 Å². The Morgan fingerprint density at radius 3 is 2.14 bits per heavy atom. The van der Waals surface area contributed by atoms with Gasteiger partial charge in [-0.3, -0.25) is 19.3 Å². The first-order valence-electron chi connectivity index (χ1n) is 9.22. The number of hydrogen-bond donors (Lipinski definition) is 1. The van der Waals surface area contributed by atoms with Crippen molar-refractivity contribution in [3.05, 3.63) is 35.4 Å². The molecule has 3 amide bonds. The van der Waals surface area contributed by atoms with E-state index < -0.39 is 35.8 Å². The predicted molar refractivity (Wildman–Crippen MR) is 101 cm³/mol. The molecule has 2 rings (SSSR count). The number of esters is 1. The van der Waals surface area contributed by atoms with Crippen LogP contribution in [0.5, 0.6) is 0 Å². The number of imide groups is 1. The van der Waals surface area contributed by atoms with Crippen LogP contribution in [0.2, 0.25) is 0 Å². The normalized spacial score (nSPS) is 15.4. The van der Waals surface area contributed by atoms with Gasteiger partial charge >= 0.3 is 5.97 Å². The summed E-state index contributed by atoms with van der Waals surface area (Å²) in [5.74, 6) is -2.29. The largest absolute Gasteiger partial charge is 0.451 e. The van der Waals surface area contributed by atoms with Crippen molar-refractivity contribution in [2.45, 2.75) is 39.3 Å². The molecule has 0 unspecified atom stereocenters. The molecule has 0 radical (unpaired) electrons. The van der Waals surface area contributed by atoms with Crippen LogP contribution in [0.25, 0.3) is 0 Å². The van der Waals surface area contributed by atoms with E-state index in [2.05, 4.69) is 5.32 Å². The average Bonchev–Trinajstić information content (AvgIpc) is 2.90. The number of nitrogens with one attached hydrogen (secondary N) is 1. The summed E-state index contributed by atoms with van der Waals surface area (Å²) in [5, 5.41) is 2.58. The van der Waals surface area contributed by atoms with Crippen molar-refractivity contribution in [2.75, 3.05) is 20.3 Å². The van der Waals surface area contributed by atoms with Crippen molar-refractivity contribution in [3.8, 4) is 0 Å². The fourth-order valence-electron chi connectivity index (χ4n) is 2.97. The number of carbonyl (C=O) groups is 4. The quantitative estimate of drug-likeness (QED) is 0.388. The highest BCUT2D eigenvalue weighted by molar-refractivity contribution is 6.22. The van der Waals surface area contributed by atoms with Gasteiger partial charge in [0.2, 0.25) is 0 Å². The fraction of sp³-hybridized carbons (Fsp3) is 0.500. The highest BCUT2D eigenvalue weighted by Crippen LogP contribution is 2.27. The molecular formula is C20H26N2O6. The lowest BCUT2D eigenvalue weighted by Gasteiger charge is -2.27. The second-order valence-electron chi connectivity index (χ2n) is 7.03. The van der Waals surface area contributed by atoms with Crippen molar-refractivity contribution in [1.82, 2.24) is 10.2 Å². The molecule has 1 aromatic rings. The van der Waals surface area contributed by atoms with E-state index >= 15 is 0 Å². The van der Waals surface area contributed by atoms with Crippen molar-refractivity contribution >= 4 is 23.7 Å². The minimum absolute atomic E-state index is 0.0210. The number of rotatable bonds is 9. The summed E-state index contributed by atoms with van der Waals surface area (Å²) in [6, 6.07) is 5.34. The van der Waals surface area contributed by atoms with E-state index in [1.807, 2.05) is 13.8 Å². The smallest absolute Gasteiger partial charge is 0.330 e. The van der Waals surface area contributed by atoms with Crippen LogP contribution >= 0.6 is 0 Å². The third-order valence-corrected chi connectivity index (χ3v) is 4.37. The average molecular weight is 390 g/mol. The minimum atomic E-state index is -1.10. The standard InChI is InChI=1S/C20H26N2O6/c1-12(2)11-16(20(26)28-13(3)17(23)21-9-10-27-4)22-18(24)14-7-5-6-8-15(14)19(22)25/h5-8,12-13,16H,9-11H2,1-4H3,(H,21,23)/t13-,16+/m1/s1. The summed E-state index contributed by atoms with van der Waals surface area (Å²) >= 11 is 0. The first-order chi connectivity index (χ1) is 13.3. The lowest BCUT2D eigenvalue weighted by molar-refractivity contribution is -0.159. The molecule has 0 fully saturated rings. The number of hydrogen-bond acceptors (Lipinski definition) is 6. The van der Waals surface area contributed by atoms with E-state index in [0.29, 0.717) is 6.61 Å². The van der Waals surface area contributed by atoms with Gasteiger partial charge in [0.15, 0.2) is 6.10 Å². The maximum Gasteiger partial charge on any atom is 0.330 e. The van der Waals surface area contributed by atoms with Crippen molar-refractivity contribution in [2.24, 2.45) is 5.92 Å². The van der Waals surface area contributed by atoms with Crippen molar-refractivity contribution in [1.29, 1.82) is 0 Å². The van der Waals surface area contributed by atoms with E-state index in [-0.39, 0.29) is 30.0 Å². The number of carbonyl (C=O) groups excluding carboxylic acids is 4. The van der Waals surface area contributed by atoms with Crippen LogP contribution in [0.1, 0.15) is 47.9 Å². The first-order valence-corrected chi connectivity index (χ1v) is 9.22. The molecular weight excluding hydrogens is 364 g/mol. The van der Waals surface area contributed by atoms with Crippen molar-refractivity contribution in [3.63, 3.8) is 0 Å². The number of ether oxygens (including phenoxy) is 2. The molecule has 1 N–H and O–H groups in total. The molecule has 0 saturated heterocycles. The molecule has 0 aliphatic carbocycles. The molecule has 8 nitrogen and oxygen atoms in total. The Kier molecular flexibility index (Phi) is 7.28. The van der Waals surface area contributed by atoms with Crippen molar-refractivity contribution < 1.29 is 28.7 Å². The third-order valence-electron chi connectivity index (χ3n) is 4.37. The number of methoxy groups -OCH3 is 1. The summed E-state index contributed by atoms with van der Waals surface area (Å²) in [4.78, 5) is 51.2. The fourth-order valence-corrected chi connectivity index (χ4v) is 2.97. The molecule has 0 saturated carbocycles. The Bertz CT molecular complexity index is 726. The number of nitrogens with zero attached hydrogens (tertiary/aromatic N) is 1. The molecule has 152 valence electrons. The topological polar surface area (TPSA) is 102 Å². The van der Waals surface area contributed by atoms with Gasteiger partial charge in [0.25, 0.3) is 17.7 Å². The summed E-state index contributed by atoms with van der Waals surface area (Å²) < 4.78 is 10.1. The van der Waals surface area contributed by atoms with Crippen LogP contribution in [0.15, 0.2) is 24.3 Å². The molecule has 28 heavy (non-hydrogen) atoms. The van der Waals surface area contributed by atoms with Crippen LogP contribution in [0.4, 0.5) is 0 Å². The van der Waals surface area contributed by atoms with E-state index in [1.54, 1.807) is 24.3 Å². The minimum Gasteiger partial charge on any atom is -0.451 e. The third kappa shape index (κ3) is 4.75. The summed E-state index contributed by atoms with van der Waals surface area (Å²) in [6.45, 7) is 5.80. The summed E-state index contributed by atoms with van der Waals surface area (Å²) in [7, 11) is 1.51. The summed E-state index contributed by atoms with van der Waals surface area (Å²) in [5.41, 5.74) is 0.527. The summed E-state index contributed by atoms with van der Waals surface area (Å²) in [6.07, 6.45) is -0.823. The Balaban J connectivity index is 2.16. The highest BCUT2D eigenvalue weighted by atomic mass is 16.5. The zero-order valence-corrected chi connectivity index (χ0v) is 16.6. The van der Waals surface area contributed by atoms with Gasteiger partial charge < -0.3 is 14.8 Å². The van der Waals surface area contributed by atoms with E-state index in [0.717, 1.165) is 4.90 Å². The van der Waals surface area contributed by atoms with Gasteiger partial charge in [0.05, 0.1) is 17.7 Å². The zero-order chi connectivity index (χ0) is 20.8. The predicted octanol–water partition coefficient (Wildman–Crippen LogP) is 1.39. The number of fused-ring (bicyclic) bond motifs is 1. The Hall–Kier alpha value is -2.74. The number of amides is 3. The monoisotopic (exact) mass is 390 g/mol. The van der Waals surface area contributed by atoms with Crippen LogP contribution in [-0.4, -0.2) is 61.0 Å². The van der Waals surface area contributed by atoms with Gasteiger partial charge in [-0.2, -0.15) is 0 Å². The van der Waals surface area contributed by atoms with E-state index in [9.17, 15) is 19.2 Å². The number of benzene rings is 1. The molecule has 0 spiro atoms. The van der Waals surface area contributed by atoms with E-state index in [1.165, 1.54) is 14.0 Å². The zero-order valence-electron chi connectivity index (χ0n) is 16.6. The highest BCUT2D eigenvalue weighted by Gasteiger charge is 2.44. The SMILES string of the molecule is COCCNC(=O)[C@@H](C)OC(=O)[C@H](CC(C)C)N1C(=O)c2ccccc2C1=O. The molecule has 0 bridgehead atoms. The van der Waals surface area contributed by atoms with Crippen LogP contribution < -0.4 is 5.32 Å². The van der Waals surface area contributed by atoms with Crippen LogP contribution in [0.3, 0.4) is 0 Å². The lowest BCUT2D eigenvalue weighted by atomic mass is 10.0. The van der Waals surface area contributed by atoms with Gasteiger partial charge in [0, 0.05) is 13.7 Å². The second-order valence-corrected chi connectivity index (χ2v) is 7.03. The molecule has 0 aromatic heterocycles. The lowest BCUT2D eigenvalue weighted by Crippen LogP contribution is -2.48. The van der Waals surface area contributed by atoms with Crippen LogP contribution in [0, 0.1) is 5.92 Å². The molecule has 8 heteroatoms. The molecule has 2 atom stereocenters. The molecule has 1 aliphatic rings. The molecule has 1 aliphatic heterocycles. The Morgan fingerprint density at radius 1 is 1.07 bits per heavy atom. The Morgan fingerprint density at radius 2 is 1.64 bits per heavy atom. The van der Waals surface area contributed by atoms with Gasteiger partial charge in [0.1, 0.15) is 6.04 Å². The maximum absolute atomic E-state index is 12.8. The van der Waals surface area contributed by atoms with Crippen LogP contribution in [-0.2, 0) is 19.1 Å². The first kappa shape index (κ1) is 21.6. The van der Waals surface area contributed by atoms with Gasteiger partial charge in [-0.05, 0) is 31.4 Å².